The Bertz CT molecular complexity index is 267. The van der Waals surface area contributed by atoms with Gasteiger partial charge in [-0.15, -0.1) is 6.58 Å². The molecule has 0 spiro atoms. The second-order valence-corrected chi connectivity index (χ2v) is 3.36. The number of aliphatic hydroxyl groups is 3. The Balaban J connectivity index is 2.72. The lowest BCUT2D eigenvalue weighted by Crippen LogP contribution is -2.60. The van der Waals surface area contributed by atoms with E-state index in [0.29, 0.717) is 0 Å². The van der Waals surface area contributed by atoms with Gasteiger partial charge in [-0.2, -0.15) is 0 Å². The normalized spacial score (nSPS) is 39.3. The van der Waals surface area contributed by atoms with Gasteiger partial charge in [-0.1, -0.05) is 6.08 Å². The summed E-state index contributed by atoms with van der Waals surface area (Å²) in [6, 6.07) is 0. The molecule has 0 aromatic carbocycles. The average Bonchev–Trinajstić information content (AvgIpc) is 2.24. The lowest BCUT2D eigenvalue weighted by Gasteiger charge is -2.38. The number of ether oxygens (including phenoxy) is 2. The SMILES string of the molecule is C=CCO[C@@H]1O[C@H](C(=O)O)[C@H](O)[C@H](O)[C@H]1O. The van der Waals surface area contributed by atoms with E-state index in [4.69, 9.17) is 14.6 Å². The van der Waals surface area contributed by atoms with Crippen molar-refractivity contribution in [1.82, 2.24) is 0 Å². The summed E-state index contributed by atoms with van der Waals surface area (Å²) in [6.45, 7) is 3.39. The second kappa shape index (κ2) is 5.37. The molecule has 0 radical (unpaired) electrons. The fourth-order valence-corrected chi connectivity index (χ4v) is 1.35. The summed E-state index contributed by atoms with van der Waals surface area (Å²) in [5.74, 6) is -1.44. The van der Waals surface area contributed by atoms with Crippen molar-refractivity contribution >= 4 is 5.97 Å². The number of aliphatic hydroxyl groups excluding tert-OH is 3. The van der Waals surface area contributed by atoms with Gasteiger partial charge in [-0.05, 0) is 0 Å². The Morgan fingerprint density at radius 1 is 1.31 bits per heavy atom. The smallest absolute Gasteiger partial charge is 0.335 e. The van der Waals surface area contributed by atoms with Gasteiger partial charge in [0.05, 0.1) is 6.61 Å². The van der Waals surface area contributed by atoms with Gasteiger partial charge >= 0.3 is 5.97 Å². The van der Waals surface area contributed by atoms with E-state index in [9.17, 15) is 20.1 Å². The highest BCUT2D eigenvalue weighted by molar-refractivity contribution is 5.73. The third-order valence-electron chi connectivity index (χ3n) is 2.19. The summed E-state index contributed by atoms with van der Waals surface area (Å²) < 4.78 is 9.73. The molecule has 7 heteroatoms. The molecule has 0 unspecified atom stereocenters. The minimum absolute atomic E-state index is 0.0247. The van der Waals surface area contributed by atoms with Crippen LogP contribution >= 0.6 is 0 Å². The van der Waals surface area contributed by atoms with E-state index < -0.39 is 36.7 Å². The molecule has 16 heavy (non-hydrogen) atoms. The molecule has 0 amide bonds. The molecule has 1 rings (SSSR count). The number of carboxylic acids is 1. The van der Waals surface area contributed by atoms with Crippen LogP contribution in [0.25, 0.3) is 0 Å². The maximum atomic E-state index is 10.7. The van der Waals surface area contributed by atoms with Crippen LogP contribution in [0, 0.1) is 0 Å². The first-order chi connectivity index (χ1) is 7.49. The molecule has 1 fully saturated rings. The molecule has 1 aliphatic rings. The van der Waals surface area contributed by atoms with Crippen molar-refractivity contribution in [3.63, 3.8) is 0 Å². The third-order valence-corrected chi connectivity index (χ3v) is 2.19. The quantitative estimate of drug-likeness (QED) is 0.419. The van der Waals surface area contributed by atoms with Gasteiger partial charge in [0.25, 0.3) is 0 Å². The van der Waals surface area contributed by atoms with Crippen LogP contribution < -0.4 is 0 Å². The fourth-order valence-electron chi connectivity index (χ4n) is 1.35. The van der Waals surface area contributed by atoms with E-state index in [-0.39, 0.29) is 6.61 Å². The van der Waals surface area contributed by atoms with Crippen molar-refractivity contribution in [2.75, 3.05) is 6.61 Å². The Labute approximate surface area is 91.5 Å². The molecule has 92 valence electrons. The van der Waals surface area contributed by atoms with Crippen LogP contribution in [0.5, 0.6) is 0 Å². The van der Waals surface area contributed by atoms with E-state index in [1.807, 2.05) is 0 Å². The third kappa shape index (κ3) is 2.57. The first kappa shape index (κ1) is 13.1. The van der Waals surface area contributed by atoms with E-state index >= 15 is 0 Å². The summed E-state index contributed by atoms with van der Waals surface area (Å²) in [4.78, 5) is 10.7. The van der Waals surface area contributed by atoms with E-state index in [2.05, 4.69) is 6.58 Å². The summed E-state index contributed by atoms with van der Waals surface area (Å²) in [5, 5.41) is 36.9. The first-order valence-electron chi connectivity index (χ1n) is 4.64. The lowest BCUT2D eigenvalue weighted by molar-refractivity contribution is -0.291. The predicted octanol–water partition coefficient (Wildman–Crippen LogP) is -1.92. The van der Waals surface area contributed by atoms with Crippen molar-refractivity contribution in [2.45, 2.75) is 30.7 Å². The average molecular weight is 234 g/mol. The van der Waals surface area contributed by atoms with E-state index in [0.717, 1.165) is 0 Å². The standard InChI is InChI=1S/C9H14O7/c1-2-3-15-9-6(12)4(10)5(11)7(16-9)8(13)14/h2,4-7,9-12H,1,3H2,(H,13,14)/t4-,5+,6+,7-,9+/m0/s1. The van der Waals surface area contributed by atoms with Crippen LogP contribution in [0.4, 0.5) is 0 Å². The maximum absolute atomic E-state index is 10.7. The fraction of sp³-hybridized carbons (Fsp3) is 0.667. The summed E-state index contributed by atoms with van der Waals surface area (Å²) in [5.41, 5.74) is 0. The van der Waals surface area contributed by atoms with Crippen LogP contribution in [0.3, 0.4) is 0 Å². The van der Waals surface area contributed by atoms with Gasteiger partial charge in [-0.3, -0.25) is 0 Å². The van der Waals surface area contributed by atoms with Crippen LogP contribution in [0.1, 0.15) is 0 Å². The van der Waals surface area contributed by atoms with E-state index in [1.54, 1.807) is 0 Å². The summed E-state index contributed by atoms with van der Waals surface area (Å²) >= 11 is 0. The van der Waals surface area contributed by atoms with Gasteiger partial charge < -0.3 is 29.9 Å². The Morgan fingerprint density at radius 3 is 2.44 bits per heavy atom. The molecule has 1 heterocycles. The van der Waals surface area contributed by atoms with Gasteiger partial charge in [0.15, 0.2) is 12.4 Å². The number of aliphatic carboxylic acids is 1. The van der Waals surface area contributed by atoms with Crippen molar-refractivity contribution in [3.05, 3.63) is 12.7 Å². The van der Waals surface area contributed by atoms with Gasteiger partial charge in [-0.25, -0.2) is 4.79 Å². The number of hydrogen-bond acceptors (Lipinski definition) is 6. The number of carboxylic acid groups (broad SMARTS) is 1. The molecule has 0 bridgehead atoms. The van der Waals surface area contributed by atoms with Crippen molar-refractivity contribution < 1.29 is 34.7 Å². The van der Waals surface area contributed by atoms with E-state index in [1.165, 1.54) is 6.08 Å². The van der Waals surface area contributed by atoms with Crippen molar-refractivity contribution in [3.8, 4) is 0 Å². The minimum Gasteiger partial charge on any atom is -0.479 e. The zero-order valence-corrected chi connectivity index (χ0v) is 8.39. The minimum atomic E-state index is -1.70. The molecular weight excluding hydrogens is 220 g/mol. The summed E-state index contributed by atoms with van der Waals surface area (Å²) in [7, 11) is 0. The molecular formula is C9H14O7. The maximum Gasteiger partial charge on any atom is 0.335 e. The zero-order valence-electron chi connectivity index (χ0n) is 8.39. The molecule has 5 atom stereocenters. The first-order valence-corrected chi connectivity index (χ1v) is 4.64. The number of rotatable bonds is 4. The van der Waals surface area contributed by atoms with Crippen molar-refractivity contribution in [1.29, 1.82) is 0 Å². The van der Waals surface area contributed by atoms with Gasteiger partial charge in [0, 0.05) is 0 Å². The molecule has 0 saturated carbocycles. The molecule has 0 aromatic rings. The highest BCUT2D eigenvalue weighted by atomic mass is 16.7. The predicted molar refractivity (Wildman–Crippen MR) is 50.5 cm³/mol. The number of hydrogen-bond donors (Lipinski definition) is 4. The Hall–Kier alpha value is -0.990. The Kier molecular flexibility index (Phi) is 4.39. The molecule has 7 nitrogen and oxygen atoms in total. The highest BCUT2D eigenvalue weighted by Crippen LogP contribution is 2.22. The number of carbonyl (C=O) groups is 1. The van der Waals surface area contributed by atoms with Crippen LogP contribution in [0.2, 0.25) is 0 Å². The Morgan fingerprint density at radius 2 is 1.94 bits per heavy atom. The van der Waals surface area contributed by atoms with Crippen molar-refractivity contribution in [2.24, 2.45) is 0 Å². The second-order valence-electron chi connectivity index (χ2n) is 3.36. The summed E-state index contributed by atoms with van der Waals surface area (Å²) in [6.07, 6.45) is -6.40. The van der Waals surface area contributed by atoms with Crippen LogP contribution in [0.15, 0.2) is 12.7 Å². The molecule has 0 aromatic heterocycles. The highest BCUT2D eigenvalue weighted by Gasteiger charge is 2.47. The van der Waals surface area contributed by atoms with Gasteiger partial charge in [0.2, 0.25) is 0 Å². The monoisotopic (exact) mass is 234 g/mol. The van der Waals surface area contributed by atoms with Gasteiger partial charge in [0.1, 0.15) is 18.3 Å². The molecule has 0 aliphatic carbocycles. The zero-order chi connectivity index (χ0) is 12.3. The molecule has 1 aliphatic heterocycles. The molecule has 4 N–H and O–H groups in total. The van der Waals surface area contributed by atoms with Crippen LogP contribution in [-0.2, 0) is 14.3 Å². The largest absolute Gasteiger partial charge is 0.479 e. The topological polar surface area (TPSA) is 116 Å². The lowest BCUT2D eigenvalue weighted by atomic mass is 9.99. The molecule has 1 saturated heterocycles. The van der Waals surface area contributed by atoms with Crippen LogP contribution in [-0.4, -0.2) is 63.7 Å².